The molecule has 0 atom stereocenters. The first-order valence-electron chi connectivity index (χ1n) is 1.64. The fourth-order valence-corrected chi connectivity index (χ4v) is 0. The van der Waals surface area contributed by atoms with E-state index in [9.17, 15) is 0 Å². The summed E-state index contributed by atoms with van der Waals surface area (Å²) in [5.41, 5.74) is 0. The fraction of sp³-hybridized carbons (Fsp3) is 0. The van der Waals surface area contributed by atoms with Crippen molar-refractivity contribution in [2.24, 2.45) is 0 Å². The van der Waals surface area contributed by atoms with E-state index in [1.165, 1.54) is 0 Å². The van der Waals surface area contributed by atoms with Crippen LogP contribution in [-0.4, -0.2) is 48.1 Å². The predicted molar refractivity (Wildman–Crippen MR) is 52.8 cm³/mol. The molecule has 0 saturated heterocycles. The van der Waals surface area contributed by atoms with Crippen LogP contribution in [0.1, 0.15) is 0 Å². The van der Waals surface area contributed by atoms with Crippen molar-refractivity contribution in [3.05, 3.63) is 46.0 Å². The summed E-state index contributed by atoms with van der Waals surface area (Å²) in [4.78, 5) is 24.8. The molecule has 0 aliphatic heterocycles. The van der Waals surface area contributed by atoms with E-state index in [4.69, 9.17) is 46.0 Å². The summed E-state index contributed by atoms with van der Waals surface area (Å²) in [5, 5.41) is 44.2. The molecular formula is H12LaN3O15. The van der Waals surface area contributed by atoms with E-state index in [1.807, 2.05) is 0 Å². The molecular weight excluding hydrogens is 421 g/mol. The molecule has 0 aliphatic carbocycles. The van der Waals surface area contributed by atoms with Crippen molar-refractivity contribution in [2.45, 2.75) is 0 Å². The average Bonchev–Trinajstić information content (AvgIpc) is 1.54. The van der Waals surface area contributed by atoms with Crippen LogP contribution < -0.4 is 0 Å². The first-order valence-corrected chi connectivity index (χ1v) is 1.64. The quantitative estimate of drug-likeness (QED) is 0.259. The SMILES string of the molecule is O.O.O.O.O.O.O=[N+]([O-])[O-].O=[N+]([O-])[O-].O=[N+]([O-])[O-].[La+3]. The second-order valence-corrected chi connectivity index (χ2v) is 0.671. The van der Waals surface area contributed by atoms with Crippen molar-refractivity contribution >= 4 is 0 Å². The third-order valence-electron chi connectivity index (χ3n) is 0. The molecule has 0 aromatic heterocycles. The minimum Gasteiger partial charge on any atom is -0.412 e. The molecule has 0 rings (SSSR count). The molecule has 0 amide bonds. The van der Waals surface area contributed by atoms with Gasteiger partial charge in [-0.15, -0.1) is 0 Å². The molecule has 0 unspecified atom stereocenters. The molecule has 0 spiro atoms. The van der Waals surface area contributed by atoms with Gasteiger partial charge in [0.1, 0.15) is 0 Å². The van der Waals surface area contributed by atoms with Gasteiger partial charge in [0.25, 0.3) is 0 Å². The van der Waals surface area contributed by atoms with Crippen molar-refractivity contribution in [1.29, 1.82) is 0 Å². The Hall–Kier alpha value is -1.45. The predicted octanol–water partition coefficient (Wildman–Crippen LogP) is -5.67. The third-order valence-corrected chi connectivity index (χ3v) is 0. The summed E-state index contributed by atoms with van der Waals surface area (Å²) in [5.74, 6) is 0. The van der Waals surface area contributed by atoms with Crippen molar-refractivity contribution in [2.75, 3.05) is 0 Å². The molecule has 0 saturated carbocycles. The Morgan fingerprint density at radius 2 is 0.421 bits per heavy atom. The van der Waals surface area contributed by atoms with Gasteiger partial charge < -0.3 is 78.8 Å². The van der Waals surface area contributed by atoms with Crippen LogP contribution in [0.2, 0.25) is 0 Å². The smallest absolute Gasteiger partial charge is 0.412 e. The summed E-state index contributed by atoms with van der Waals surface area (Å²) in [6.45, 7) is 0. The molecule has 0 aliphatic rings. The number of hydrogen-bond acceptors (Lipinski definition) is 9. The first kappa shape index (κ1) is 84.3. The van der Waals surface area contributed by atoms with Crippen LogP contribution in [0.5, 0.6) is 0 Å². The second-order valence-electron chi connectivity index (χ2n) is 0.671. The Labute approximate surface area is 130 Å². The van der Waals surface area contributed by atoms with Crippen LogP contribution in [-0.2, 0) is 0 Å². The molecule has 12 N–H and O–H groups in total. The Bertz CT molecular complexity index is 115. The van der Waals surface area contributed by atoms with Gasteiger partial charge in [-0.25, -0.2) is 0 Å². The minimum atomic E-state index is -1.75. The van der Waals surface area contributed by atoms with E-state index in [-0.39, 0.29) is 68.5 Å². The molecule has 19 heteroatoms. The summed E-state index contributed by atoms with van der Waals surface area (Å²) in [6, 6.07) is 0. The third kappa shape index (κ3) is 1680. The van der Waals surface area contributed by atoms with E-state index in [2.05, 4.69) is 0 Å². The van der Waals surface area contributed by atoms with Crippen LogP contribution in [0.15, 0.2) is 0 Å². The number of nitrogens with zero attached hydrogens (tertiary/aromatic N) is 3. The van der Waals surface area contributed by atoms with Gasteiger partial charge in [0.2, 0.25) is 0 Å². The Kier molecular flexibility index (Phi) is 311. The molecule has 0 heterocycles. The summed E-state index contributed by atoms with van der Waals surface area (Å²) >= 11 is 0. The Balaban J connectivity index is -0.00000000675. The van der Waals surface area contributed by atoms with Gasteiger partial charge in [0.15, 0.2) is 0 Å². The van der Waals surface area contributed by atoms with Crippen molar-refractivity contribution in [3.63, 3.8) is 0 Å². The summed E-state index contributed by atoms with van der Waals surface area (Å²) < 4.78 is 0. The van der Waals surface area contributed by atoms with Crippen molar-refractivity contribution < 1.29 is 83.7 Å². The van der Waals surface area contributed by atoms with Crippen molar-refractivity contribution in [1.82, 2.24) is 0 Å². The van der Waals surface area contributed by atoms with E-state index in [0.717, 1.165) is 0 Å². The number of rotatable bonds is 0. The fourth-order valence-electron chi connectivity index (χ4n) is 0. The van der Waals surface area contributed by atoms with Crippen LogP contribution in [0, 0.1) is 81.6 Å². The van der Waals surface area contributed by atoms with E-state index in [1.54, 1.807) is 0 Å². The standard InChI is InChI=1S/La.3NO3.6H2O/c;3*2-1(3)4;;;;;;/h;;;;6*1H2/q+3;3*-1;;;;;;. The van der Waals surface area contributed by atoms with Gasteiger partial charge in [0.05, 0.1) is 15.3 Å². The van der Waals surface area contributed by atoms with E-state index < -0.39 is 15.3 Å². The minimum absolute atomic E-state index is 0. The zero-order chi connectivity index (χ0) is 10.7. The molecule has 0 aromatic rings. The first-order chi connectivity index (χ1) is 5.20. The maximum atomic E-state index is 8.25. The van der Waals surface area contributed by atoms with Crippen LogP contribution in [0.4, 0.5) is 0 Å². The van der Waals surface area contributed by atoms with Crippen molar-refractivity contribution in [3.8, 4) is 0 Å². The molecule has 0 fully saturated rings. The molecule has 19 heavy (non-hydrogen) atoms. The van der Waals surface area contributed by atoms with Gasteiger partial charge in [-0.1, -0.05) is 0 Å². The normalized spacial score (nSPS) is 3.79. The monoisotopic (exact) mass is 433 g/mol. The maximum Gasteiger partial charge on any atom is 3.00 e. The molecule has 0 bridgehead atoms. The van der Waals surface area contributed by atoms with Gasteiger partial charge in [-0.3, -0.25) is 0 Å². The average molecular weight is 433 g/mol. The van der Waals surface area contributed by atoms with Crippen LogP contribution in [0.3, 0.4) is 0 Å². The second kappa shape index (κ2) is 70.2. The zero-order valence-electron chi connectivity index (χ0n) is 8.59. The Morgan fingerprint density at radius 3 is 0.421 bits per heavy atom. The molecule has 120 valence electrons. The van der Waals surface area contributed by atoms with Gasteiger partial charge >= 0.3 is 35.6 Å². The topological polar surface area (TPSA) is 388 Å². The van der Waals surface area contributed by atoms with Gasteiger partial charge in [0, 0.05) is 0 Å². The number of hydrogen-bond donors (Lipinski definition) is 0. The largest absolute Gasteiger partial charge is 3.00 e. The van der Waals surface area contributed by atoms with Gasteiger partial charge in [-0.05, 0) is 0 Å². The van der Waals surface area contributed by atoms with E-state index >= 15 is 0 Å². The summed E-state index contributed by atoms with van der Waals surface area (Å²) in [6.07, 6.45) is 0. The molecule has 0 radical (unpaired) electrons. The van der Waals surface area contributed by atoms with Crippen LogP contribution in [0.25, 0.3) is 0 Å². The summed E-state index contributed by atoms with van der Waals surface area (Å²) in [7, 11) is 0. The molecule has 0 aromatic carbocycles. The zero-order valence-corrected chi connectivity index (χ0v) is 12.2. The van der Waals surface area contributed by atoms with Crippen LogP contribution >= 0.6 is 0 Å². The Morgan fingerprint density at radius 1 is 0.421 bits per heavy atom. The maximum absolute atomic E-state index is 8.25. The molecule has 18 nitrogen and oxygen atoms in total. The van der Waals surface area contributed by atoms with Gasteiger partial charge in [-0.2, -0.15) is 0 Å². The van der Waals surface area contributed by atoms with E-state index in [0.29, 0.717) is 0 Å².